The lowest BCUT2D eigenvalue weighted by Gasteiger charge is -2.20. The average Bonchev–Trinajstić information content (AvgIpc) is 1.59. The number of ketones is 1. The Morgan fingerprint density at radius 1 is 0.478 bits per heavy atom. The summed E-state index contributed by atoms with van der Waals surface area (Å²) in [4.78, 5) is 16.9. The van der Waals surface area contributed by atoms with Gasteiger partial charge < -0.3 is 14.7 Å². The number of benzene rings is 9. The quantitative estimate of drug-likeness (QED) is 0.0713. The monoisotopic (exact) mass is 1250 g/mol. The van der Waals surface area contributed by atoms with E-state index in [0.717, 1.165) is 5.56 Å². The maximum Gasteiger partial charge on any atom is 0.762 e. The summed E-state index contributed by atoms with van der Waals surface area (Å²) in [5.41, 5.74) is 16.3. The normalized spacial score (nSPS) is 16.5. The number of hydrogen-bond acceptors (Lipinski definition) is 3. The summed E-state index contributed by atoms with van der Waals surface area (Å²) in [6.07, 6.45) is 19.2. The van der Waals surface area contributed by atoms with Gasteiger partial charge in [0, 0.05) is 68.4 Å². The van der Waals surface area contributed by atoms with E-state index >= 15 is 0 Å². The van der Waals surface area contributed by atoms with Crippen LogP contribution in [0.4, 0.5) is 48.6 Å². The van der Waals surface area contributed by atoms with Gasteiger partial charge in [0.1, 0.15) is 19.9 Å². The zero-order valence-corrected chi connectivity index (χ0v) is 53.9. The first kappa shape index (κ1) is 70.2. The van der Waals surface area contributed by atoms with E-state index in [1.165, 1.54) is 111 Å². The van der Waals surface area contributed by atoms with Crippen LogP contribution < -0.4 is 14.7 Å². The molecule has 0 aromatic heterocycles. The van der Waals surface area contributed by atoms with Gasteiger partial charge >= 0.3 is 15.1 Å². The number of Topliss-reactive ketones (excluding diaryl/α,β-unsaturated/α-hetero) is 1. The van der Waals surface area contributed by atoms with Crippen LogP contribution in [0.25, 0.3) is 43.1 Å². The molecule has 1 atom stereocenters. The molecule has 0 saturated carbocycles. The molecule has 9 aromatic carbocycles. The second kappa shape index (κ2) is 28.9. The number of allylic oxidation sites excluding steroid dienone is 10. The molecule has 0 fully saturated rings. The molecule has 1 N–H and O–H groups in total. The third-order valence-electron chi connectivity index (χ3n) is 18.1. The third kappa shape index (κ3) is 14.3. The molecule has 4 heterocycles. The Kier molecular flexibility index (Phi) is 22.1. The first-order valence-electron chi connectivity index (χ1n) is 30.2. The molecule has 4 aliphatic heterocycles. The van der Waals surface area contributed by atoms with Crippen molar-refractivity contribution < 1.29 is 49.2 Å². The molecule has 5 nitrogen and oxygen atoms in total. The van der Waals surface area contributed by atoms with Crippen LogP contribution in [0, 0.1) is 0 Å². The Morgan fingerprint density at radius 3 is 1.37 bits per heavy atom. The van der Waals surface area contributed by atoms with Crippen molar-refractivity contribution in [2.45, 2.75) is 96.8 Å². The van der Waals surface area contributed by atoms with E-state index in [1.54, 1.807) is 6.92 Å². The molecule has 1 unspecified atom stereocenters. The lowest BCUT2D eigenvalue weighted by atomic mass is 9.79. The van der Waals surface area contributed by atoms with Crippen molar-refractivity contribution >= 4 is 104 Å². The Morgan fingerprint density at radius 2 is 0.880 bits per heavy atom. The summed E-state index contributed by atoms with van der Waals surface area (Å²) < 4.78 is 62.6. The van der Waals surface area contributed by atoms with Crippen molar-refractivity contribution in [3.8, 4) is 0 Å². The first-order chi connectivity index (χ1) is 42.8. The minimum Gasteiger partial charge on any atom is -1.00 e. The smallest absolute Gasteiger partial charge is 0.762 e. The molecule has 472 valence electrons. The molecule has 0 amide bonds. The van der Waals surface area contributed by atoms with E-state index < -0.39 is 15.1 Å². The van der Waals surface area contributed by atoms with Gasteiger partial charge in [-0.25, -0.2) is 0 Å². The minimum absolute atomic E-state index is 0. The second-order valence-electron chi connectivity index (χ2n) is 25.0. The summed E-state index contributed by atoms with van der Waals surface area (Å²) in [6, 6.07) is 62.1. The minimum atomic E-state index is -3.67. The third-order valence-corrected chi connectivity index (χ3v) is 18.1. The molecular weight excluding hydrogens is 1170 g/mol. The number of carbonyl (C=O) groups excluding carboxylic acids is 1. The van der Waals surface area contributed by atoms with E-state index in [9.17, 15) is 30.7 Å². The van der Waals surface area contributed by atoms with Gasteiger partial charge in [0.05, 0.1) is 28.1 Å². The zero-order chi connectivity index (χ0) is 64.9. The molecular formula is C77H76B2F8N4O. The Labute approximate surface area is 535 Å². The van der Waals surface area contributed by atoms with Crippen molar-refractivity contribution in [2.24, 2.45) is 4.99 Å². The second-order valence-corrected chi connectivity index (χ2v) is 25.0. The van der Waals surface area contributed by atoms with Crippen molar-refractivity contribution in [1.29, 1.82) is 0 Å². The van der Waals surface area contributed by atoms with Gasteiger partial charge in [0.25, 0.3) is 0 Å². The number of nitrogens with zero attached hydrogens (tertiary/aromatic N) is 3. The molecule has 0 spiro atoms. The number of hydrogen-bond donors (Lipinski definition) is 1. The Hall–Kier alpha value is -9.23. The summed E-state index contributed by atoms with van der Waals surface area (Å²) in [5, 5.41) is 14.0. The van der Waals surface area contributed by atoms with Crippen LogP contribution in [0.5, 0.6) is 0 Å². The largest absolute Gasteiger partial charge is 1.00 e. The van der Waals surface area contributed by atoms with E-state index in [0.29, 0.717) is 0 Å². The van der Waals surface area contributed by atoms with Crippen LogP contribution in [0.15, 0.2) is 241 Å². The highest BCUT2D eigenvalue weighted by molar-refractivity contribution is 6.33. The molecule has 0 aliphatic carbocycles. The molecule has 0 saturated heterocycles. The number of aliphatic imine (C=N–C) groups is 1. The van der Waals surface area contributed by atoms with E-state index in [1.807, 2.05) is 42.5 Å². The molecule has 92 heavy (non-hydrogen) atoms. The highest BCUT2D eigenvalue weighted by atomic mass is 19.4. The summed E-state index contributed by atoms with van der Waals surface area (Å²) in [6.45, 7) is 22.1. The predicted octanol–water partition coefficient (Wildman–Crippen LogP) is 14.7. The fourth-order valence-corrected chi connectivity index (χ4v) is 13.2. The predicted molar refractivity (Wildman–Crippen MR) is 369 cm³/mol. The summed E-state index contributed by atoms with van der Waals surface area (Å²) in [5.74, 6) is -0.0630. The van der Waals surface area contributed by atoms with Crippen molar-refractivity contribution in [3.63, 3.8) is 0 Å². The van der Waals surface area contributed by atoms with E-state index in [4.69, 9.17) is 4.99 Å². The average molecular weight is 1250 g/mol. The SMILES string of the molecule is CC(=O)C(C=CC=CC1=[N+](C)c2ccc3ccccc3c2C1(C)C)c1ccccc1.CC1=Nc2c(ccc3ccccc23)C1(C)C.C[N+]1=C(C=CC=CC=C2Nc3c(ccc4ccccc34)C2(C)C)C(C)(C)c2c1ccc1ccccc21.FB(F)F.FB(F)F.[F-].[F-]. The molecule has 15 heteroatoms. The Balaban J connectivity index is 0.000000192. The van der Waals surface area contributed by atoms with Gasteiger partial charge in [-0.2, -0.15) is 9.15 Å². The molecule has 0 radical (unpaired) electrons. The van der Waals surface area contributed by atoms with Gasteiger partial charge in [-0.15, -0.1) is 0 Å². The topological polar surface area (TPSA) is 47.5 Å². The fraction of sp³-hybridized carbons (Fsp3) is 0.221. The molecule has 9 aromatic rings. The van der Waals surface area contributed by atoms with Crippen molar-refractivity contribution in [3.05, 3.63) is 264 Å². The van der Waals surface area contributed by atoms with Crippen LogP contribution >= 0.6 is 0 Å². The van der Waals surface area contributed by atoms with E-state index in [-0.39, 0.29) is 42.8 Å². The summed E-state index contributed by atoms with van der Waals surface area (Å²) in [7, 11) is -3.02. The van der Waals surface area contributed by atoms with Crippen LogP contribution in [0.1, 0.15) is 103 Å². The molecule has 4 aliphatic rings. The lowest BCUT2D eigenvalue weighted by Crippen LogP contribution is -3.00. The Bertz CT molecular complexity index is 4450. The highest BCUT2D eigenvalue weighted by Gasteiger charge is 2.45. The van der Waals surface area contributed by atoms with Crippen LogP contribution in [0.3, 0.4) is 0 Å². The number of anilines is 1. The fourth-order valence-electron chi connectivity index (χ4n) is 13.2. The van der Waals surface area contributed by atoms with Gasteiger partial charge in [-0.3, -0.25) is 35.7 Å². The lowest BCUT2D eigenvalue weighted by molar-refractivity contribution is -0.401. The number of halogens is 8. The molecule has 13 rings (SSSR count). The van der Waals surface area contributed by atoms with E-state index in [2.05, 4.69) is 279 Å². The van der Waals surface area contributed by atoms with Gasteiger partial charge in [-0.05, 0) is 109 Å². The standard InChI is InChI=1S/C34H32N2.C28H28NO.C15H15N.2BF3.2FH/c1-33(2)27-21-19-24-14-10-12-16-26(24)32(27)35-29(33)17-7-6-8-18-30-34(3,4)31-25-15-11-9-13-23(25)20-22-28(31)36(30)5;1-20(30)23(21-12-6-5-7-13-21)15-10-11-17-26-28(2,3)27-24-16-9-8-14-22(24)18-19-25(27)29(26)4;1-10-15(2,3)13-9-8-11-6-4-5-7-12(11)14(13)16-10;2*2-1(3)4;;/h6-22H,1-5H3;5-19,23H,1-4H3;4-9H,1-3H3;;;2*1H/q;+1;;;;;/p-1. The summed E-state index contributed by atoms with van der Waals surface area (Å²) >= 11 is 0. The highest BCUT2D eigenvalue weighted by Crippen LogP contribution is 2.48. The maximum absolute atomic E-state index is 12.1. The maximum atomic E-state index is 12.1. The van der Waals surface area contributed by atoms with Crippen LogP contribution in [-0.4, -0.2) is 61.3 Å². The number of rotatable bonds is 8. The first-order valence-corrected chi connectivity index (χ1v) is 30.2. The van der Waals surface area contributed by atoms with Gasteiger partial charge in [-0.1, -0.05) is 216 Å². The van der Waals surface area contributed by atoms with Crippen molar-refractivity contribution in [2.75, 3.05) is 19.4 Å². The number of nitrogens with one attached hydrogen (secondary N) is 1. The van der Waals surface area contributed by atoms with Crippen LogP contribution in [0.2, 0.25) is 0 Å². The zero-order valence-electron chi connectivity index (χ0n) is 53.9. The number of fused-ring (bicyclic) bond motifs is 12. The number of carbonyl (C=O) groups is 1. The van der Waals surface area contributed by atoms with Gasteiger partial charge in [0.2, 0.25) is 11.4 Å². The van der Waals surface area contributed by atoms with Gasteiger partial charge in [0.15, 0.2) is 11.4 Å². The molecule has 0 bridgehead atoms. The van der Waals surface area contributed by atoms with Crippen LogP contribution in [-0.2, 0) is 26.5 Å². The van der Waals surface area contributed by atoms with Crippen molar-refractivity contribution in [1.82, 2.24) is 0 Å².